The van der Waals surface area contributed by atoms with Crippen LogP contribution < -0.4 is 0 Å². The zero-order valence-corrected chi connectivity index (χ0v) is 14.6. The Morgan fingerprint density at radius 2 is 1.95 bits per heavy atom. The van der Waals surface area contributed by atoms with Gasteiger partial charge in [0.15, 0.2) is 5.78 Å². The van der Waals surface area contributed by atoms with Gasteiger partial charge in [-0.25, -0.2) is 0 Å². The molecule has 0 saturated heterocycles. The van der Waals surface area contributed by atoms with Crippen LogP contribution in [0.25, 0.3) is 11.3 Å². The first-order valence-corrected chi connectivity index (χ1v) is 6.27. The van der Waals surface area contributed by atoms with E-state index in [1.54, 1.807) is 0 Å². The molecule has 0 aliphatic heterocycles. The molecule has 1 N–H and O–H groups in total. The summed E-state index contributed by atoms with van der Waals surface area (Å²) in [4.78, 5) is 14.3. The van der Waals surface area contributed by atoms with Crippen LogP contribution in [0.5, 0.6) is 0 Å². The molecule has 2 aromatic rings. The zero-order chi connectivity index (χ0) is 15.0. The molecule has 0 saturated carbocycles. The Morgan fingerprint density at radius 3 is 2.38 bits per heavy atom. The molecule has 2 rings (SSSR count). The average molecular weight is 461 g/mol. The molecule has 1 radical (unpaired) electrons. The largest absolute Gasteiger partial charge is 0.512 e. The molecule has 21 heavy (non-hydrogen) atoms. The van der Waals surface area contributed by atoms with Crippen LogP contribution in [-0.2, 0) is 24.9 Å². The summed E-state index contributed by atoms with van der Waals surface area (Å²) in [6.07, 6.45) is 2.98. The molecular weight excluding hydrogens is 442 g/mol. The van der Waals surface area contributed by atoms with E-state index in [9.17, 15) is 4.79 Å². The summed E-state index contributed by atoms with van der Waals surface area (Å²) in [7, 11) is 0. The predicted molar refractivity (Wildman–Crippen MR) is 80.3 cm³/mol. The van der Waals surface area contributed by atoms with Crippen molar-refractivity contribution >= 4 is 5.78 Å². The third kappa shape index (κ3) is 7.54. The number of allylic oxidation sites excluding steroid dienone is 2. The van der Waals surface area contributed by atoms with Gasteiger partial charge in [-0.15, -0.1) is 35.9 Å². The van der Waals surface area contributed by atoms with Crippen molar-refractivity contribution in [2.24, 2.45) is 0 Å². The number of benzene rings is 1. The summed E-state index contributed by atoms with van der Waals surface area (Å²) < 4.78 is 0. The first-order chi connectivity index (χ1) is 9.50. The first-order valence-electron chi connectivity index (χ1n) is 6.27. The Bertz CT molecular complexity index is 591. The average Bonchev–Trinajstić information content (AvgIpc) is 2.39. The van der Waals surface area contributed by atoms with E-state index in [1.165, 1.54) is 25.5 Å². The maximum Gasteiger partial charge on any atom is 0.155 e. The maximum absolute atomic E-state index is 10.0. The number of carbonyl (C=O) groups excluding carboxylic acids is 1. The van der Waals surface area contributed by atoms with Crippen molar-refractivity contribution in [3.63, 3.8) is 0 Å². The molecule has 0 fully saturated rings. The number of pyridine rings is 1. The minimum atomic E-state index is -0.125. The van der Waals surface area contributed by atoms with Crippen molar-refractivity contribution in [1.82, 2.24) is 4.98 Å². The number of hydrogen-bond acceptors (Lipinski definition) is 3. The molecule has 0 aliphatic rings. The molecule has 113 valence electrons. The van der Waals surface area contributed by atoms with Crippen molar-refractivity contribution in [3.05, 3.63) is 66.1 Å². The van der Waals surface area contributed by atoms with E-state index in [0.717, 1.165) is 11.3 Å². The number of aliphatic hydroxyl groups excluding tert-OH is 1. The quantitative estimate of drug-likeness (QED) is 0.420. The molecule has 0 spiro atoms. The van der Waals surface area contributed by atoms with Gasteiger partial charge in [-0.3, -0.25) is 4.79 Å². The molecule has 0 aliphatic carbocycles. The number of rotatable bonds is 2. The predicted octanol–water partition coefficient (Wildman–Crippen LogP) is 3.89. The second kappa shape index (κ2) is 10.0. The summed E-state index contributed by atoms with van der Waals surface area (Å²) in [6, 6.07) is 15.1. The van der Waals surface area contributed by atoms with E-state index in [1.807, 2.05) is 36.5 Å². The Hall–Kier alpha value is -1.77. The van der Waals surface area contributed by atoms with Crippen LogP contribution in [-0.4, -0.2) is 15.9 Å². The molecule has 3 nitrogen and oxygen atoms in total. The zero-order valence-electron chi connectivity index (χ0n) is 12.3. The van der Waals surface area contributed by atoms with Gasteiger partial charge in [-0.05, 0) is 32.5 Å². The molecule has 1 aromatic heterocycles. The van der Waals surface area contributed by atoms with E-state index in [4.69, 9.17) is 5.11 Å². The maximum atomic E-state index is 10.0. The standard InChI is InChI=1S/C12H10N.C5H8O2.Ir/c1-10-6-5-9-13-12(10)11-7-3-2-4-8-11;1-4(6)3-5(2)7;/h2-7,9H,1H3;3,6H,1-2H3;/q-1;;. The van der Waals surface area contributed by atoms with Gasteiger partial charge in [0.2, 0.25) is 0 Å². The number of ketones is 1. The van der Waals surface area contributed by atoms with E-state index >= 15 is 0 Å². The minimum Gasteiger partial charge on any atom is -0.512 e. The molecule has 1 heterocycles. The number of aryl methyl sites for hydroxylation is 1. The summed E-state index contributed by atoms with van der Waals surface area (Å²) in [6.45, 7) is 4.91. The summed E-state index contributed by atoms with van der Waals surface area (Å²) in [5.74, 6) is -0.0625. The van der Waals surface area contributed by atoms with Crippen LogP contribution in [0.2, 0.25) is 0 Å². The first kappa shape index (κ1) is 19.2. The number of aromatic nitrogens is 1. The fraction of sp³-hybridized carbons (Fsp3) is 0.176. The molecule has 0 amide bonds. The normalized spacial score (nSPS) is 9.95. The van der Waals surface area contributed by atoms with Gasteiger partial charge < -0.3 is 10.1 Å². The molecule has 1 aromatic carbocycles. The van der Waals surface area contributed by atoms with Crippen LogP contribution in [0.1, 0.15) is 19.4 Å². The molecule has 0 atom stereocenters. The van der Waals surface area contributed by atoms with Crippen molar-refractivity contribution in [3.8, 4) is 11.3 Å². The van der Waals surface area contributed by atoms with E-state index in [-0.39, 0.29) is 31.6 Å². The van der Waals surface area contributed by atoms with Crippen LogP contribution in [0.15, 0.2) is 54.4 Å². The summed E-state index contributed by atoms with van der Waals surface area (Å²) in [5.41, 5.74) is 3.26. The Morgan fingerprint density at radius 1 is 1.24 bits per heavy atom. The van der Waals surface area contributed by atoms with Gasteiger partial charge >= 0.3 is 0 Å². The summed E-state index contributed by atoms with van der Waals surface area (Å²) >= 11 is 0. The van der Waals surface area contributed by atoms with E-state index < -0.39 is 0 Å². The van der Waals surface area contributed by atoms with Crippen LogP contribution in [0.4, 0.5) is 0 Å². The van der Waals surface area contributed by atoms with Gasteiger partial charge in [0, 0.05) is 32.4 Å². The SMILES string of the molecule is CC(=O)C=C(C)O.Cc1cccnc1-c1[c-]cccc1.[Ir]. The number of hydrogen-bond donors (Lipinski definition) is 1. The number of aliphatic hydroxyl groups is 1. The third-order valence-electron chi connectivity index (χ3n) is 2.39. The third-order valence-corrected chi connectivity index (χ3v) is 2.39. The van der Waals surface area contributed by atoms with Crippen LogP contribution in [0.3, 0.4) is 0 Å². The van der Waals surface area contributed by atoms with E-state index in [0.29, 0.717) is 0 Å². The number of carbonyl (C=O) groups is 1. The smallest absolute Gasteiger partial charge is 0.155 e. The van der Waals surface area contributed by atoms with Crippen molar-refractivity contribution < 1.29 is 30.0 Å². The van der Waals surface area contributed by atoms with Crippen LogP contribution >= 0.6 is 0 Å². The second-order valence-electron chi connectivity index (χ2n) is 4.34. The van der Waals surface area contributed by atoms with Crippen LogP contribution in [0, 0.1) is 13.0 Å². The van der Waals surface area contributed by atoms with Crippen molar-refractivity contribution in [2.75, 3.05) is 0 Å². The monoisotopic (exact) mass is 461 g/mol. The fourth-order valence-corrected chi connectivity index (χ4v) is 1.60. The molecular formula is C17H18IrNO2-. The van der Waals surface area contributed by atoms with Gasteiger partial charge in [-0.2, -0.15) is 0 Å². The van der Waals surface area contributed by atoms with Gasteiger partial charge in [0.1, 0.15) is 0 Å². The van der Waals surface area contributed by atoms with Gasteiger partial charge in [-0.1, -0.05) is 11.6 Å². The Labute approximate surface area is 139 Å². The molecule has 4 heteroatoms. The fourth-order valence-electron chi connectivity index (χ4n) is 1.60. The number of nitrogens with zero attached hydrogens (tertiary/aromatic N) is 1. The van der Waals surface area contributed by atoms with Crippen molar-refractivity contribution in [1.29, 1.82) is 0 Å². The summed E-state index contributed by atoms with van der Waals surface area (Å²) in [5, 5.41) is 8.36. The Kier molecular flexibility index (Phi) is 9.18. The Balaban J connectivity index is 0.000000436. The second-order valence-corrected chi connectivity index (χ2v) is 4.34. The topological polar surface area (TPSA) is 50.2 Å². The van der Waals surface area contributed by atoms with Crippen molar-refractivity contribution in [2.45, 2.75) is 20.8 Å². The van der Waals surface area contributed by atoms with E-state index in [2.05, 4.69) is 24.0 Å². The molecule has 0 unspecified atom stereocenters. The molecule has 0 bridgehead atoms. The minimum absolute atomic E-state index is 0. The van der Waals surface area contributed by atoms with Gasteiger partial charge in [0.25, 0.3) is 0 Å². The van der Waals surface area contributed by atoms with Gasteiger partial charge in [0.05, 0.1) is 5.76 Å².